The summed E-state index contributed by atoms with van der Waals surface area (Å²) >= 11 is 0. The Kier molecular flexibility index (Phi) is 4.74. The topological polar surface area (TPSA) is 101 Å². The monoisotopic (exact) mass is 390 g/mol. The molecule has 0 unspecified atom stereocenters. The highest BCUT2D eigenvalue weighted by atomic mass is 16.5. The molecule has 0 aliphatic carbocycles. The van der Waals surface area contributed by atoms with E-state index in [9.17, 15) is 9.59 Å². The van der Waals surface area contributed by atoms with Gasteiger partial charge in [0.15, 0.2) is 0 Å². The molecule has 8 heteroatoms. The maximum Gasteiger partial charge on any atom is 0.350 e. The predicted molar refractivity (Wildman–Crippen MR) is 112 cm³/mol. The first-order chi connectivity index (χ1) is 14.1. The van der Waals surface area contributed by atoms with Gasteiger partial charge in [0.05, 0.1) is 29.7 Å². The van der Waals surface area contributed by atoms with E-state index in [2.05, 4.69) is 21.6 Å². The van der Waals surface area contributed by atoms with E-state index >= 15 is 0 Å². The van der Waals surface area contributed by atoms with Crippen LogP contribution in [0.3, 0.4) is 0 Å². The lowest BCUT2D eigenvalue weighted by Gasteiger charge is -2.03. The molecule has 146 valence electrons. The van der Waals surface area contributed by atoms with Gasteiger partial charge >= 0.3 is 11.2 Å². The molecule has 0 fully saturated rings. The molecule has 0 amide bonds. The van der Waals surface area contributed by atoms with Crippen LogP contribution in [-0.2, 0) is 0 Å². The summed E-state index contributed by atoms with van der Waals surface area (Å²) in [5, 5.41) is 4.70. The van der Waals surface area contributed by atoms with Gasteiger partial charge in [-0.3, -0.25) is 4.79 Å². The highest BCUT2D eigenvalue weighted by Gasteiger charge is 2.15. The van der Waals surface area contributed by atoms with E-state index in [1.165, 1.54) is 13.3 Å². The second-order valence-electron chi connectivity index (χ2n) is 6.22. The first-order valence-electron chi connectivity index (χ1n) is 8.84. The highest BCUT2D eigenvalue weighted by Crippen LogP contribution is 2.29. The quantitative estimate of drug-likeness (QED) is 0.390. The molecule has 0 saturated carbocycles. The van der Waals surface area contributed by atoms with E-state index in [-0.39, 0.29) is 5.52 Å². The van der Waals surface area contributed by atoms with Crippen LogP contribution in [0.15, 0.2) is 69.8 Å². The van der Waals surface area contributed by atoms with Gasteiger partial charge in [-0.2, -0.15) is 5.10 Å². The molecule has 4 rings (SSSR count). The number of benzene rings is 2. The van der Waals surface area contributed by atoms with Crippen molar-refractivity contribution in [1.82, 2.24) is 14.6 Å². The molecule has 2 N–H and O–H groups in total. The molecular formula is C21H18N4O4. The normalized spacial score (nSPS) is 11.3. The Bertz CT molecular complexity index is 1340. The second-order valence-corrected chi connectivity index (χ2v) is 6.22. The van der Waals surface area contributed by atoms with Crippen LogP contribution in [0, 0.1) is 0 Å². The number of nitrogens with zero attached hydrogens (tertiary/aromatic N) is 2. The third-order valence-electron chi connectivity index (χ3n) is 4.41. The van der Waals surface area contributed by atoms with Gasteiger partial charge in [0.1, 0.15) is 23.6 Å². The molecule has 2 aromatic heterocycles. The molecule has 0 spiro atoms. The van der Waals surface area contributed by atoms with E-state index in [1.54, 1.807) is 48.5 Å². The summed E-state index contributed by atoms with van der Waals surface area (Å²) in [7, 11) is 1.53. The fraction of sp³-hybridized carbons (Fsp3) is 0.0952. The minimum absolute atomic E-state index is 0.245. The lowest BCUT2D eigenvalue weighted by atomic mass is 10.2. The van der Waals surface area contributed by atoms with Gasteiger partial charge in [-0.25, -0.2) is 4.79 Å². The summed E-state index contributed by atoms with van der Waals surface area (Å²) in [4.78, 5) is 31.1. The molecule has 8 nitrogen and oxygen atoms in total. The smallest absolute Gasteiger partial charge is 0.350 e. The molecule has 0 radical (unpaired) electrons. The summed E-state index contributed by atoms with van der Waals surface area (Å²) in [6.45, 7) is 4.01. The fourth-order valence-corrected chi connectivity index (χ4v) is 3.06. The largest absolute Gasteiger partial charge is 0.496 e. The van der Waals surface area contributed by atoms with Crippen molar-refractivity contribution in [2.45, 2.75) is 0 Å². The van der Waals surface area contributed by atoms with E-state index in [0.717, 1.165) is 4.68 Å². The van der Waals surface area contributed by atoms with Crippen LogP contribution < -0.4 is 20.7 Å². The van der Waals surface area contributed by atoms with Crippen molar-refractivity contribution in [2.24, 2.45) is 5.10 Å². The first kappa shape index (κ1) is 18.3. The lowest BCUT2D eigenvalue weighted by Crippen LogP contribution is -2.32. The van der Waals surface area contributed by atoms with Gasteiger partial charge in [-0.1, -0.05) is 18.7 Å². The molecule has 0 bridgehead atoms. The molecule has 0 atom stereocenters. The zero-order valence-corrected chi connectivity index (χ0v) is 15.6. The van der Waals surface area contributed by atoms with Gasteiger partial charge < -0.3 is 19.4 Å². The third kappa shape index (κ3) is 3.31. The summed E-state index contributed by atoms with van der Waals surface area (Å²) in [5.41, 5.74) is 0.835. The summed E-state index contributed by atoms with van der Waals surface area (Å²) < 4.78 is 11.6. The molecule has 0 saturated heterocycles. The van der Waals surface area contributed by atoms with Crippen LogP contribution in [-0.4, -0.2) is 34.6 Å². The summed E-state index contributed by atoms with van der Waals surface area (Å²) in [5.74, 6) is 1.24. The molecular weight excluding hydrogens is 372 g/mol. The maximum atomic E-state index is 12.8. The van der Waals surface area contributed by atoms with Crippen molar-refractivity contribution in [1.29, 1.82) is 0 Å². The standard InChI is InChI=1S/C21H18N4O4/c1-3-11-29-14-9-7-13(8-10-14)12-22-25-20(26)19-18(24-21(25)27)17-15(23-19)5-4-6-16(17)28-2/h3-10,12,23H,1,11H2,2H3,(H,24,27)/b22-12+. The van der Waals surface area contributed by atoms with E-state index in [1.807, 2.05) is 0 Å². The third-order valence-corrected chi connectivity index (χ3v) is 4.41. The van der Waals surface area contributed by atoms with E-state index in [4.69, 9.17) is 9.47 Å². The fourth-order valence-electron chi connectivity index (χ4n) is 3.06. The molecule has 4 aromatic rings. The maximum absolute atomic E-state index is 12.8. The number of ether oxygens (including phenoxy) is 2. The van der Waals surface area contributed by atoms with Crippen LogP contribution in [0.4, 0.5) is 0 Å². The van der Waals surface area contributed by atoms with Crippen molar-refractivity contribution in [3.63, 3.8) is 0 Å². The predicted octanol–water partition coefficient (Wildman–Crippen LogP) is 2.63. The van der Waals surface area contributed by atoms with Gasteiger partial charge in [0, 0.05) is 0 Å². The van der Waals surface area contributed by atoms with E-state index in [0.29, 0.717) is 40.1 Å². The number of methoxy groups -OCH3 is 1. The number of aromatic amines is 2. The zero-order valence-electron chi connectivity index (χ0n) is 15.6. The minimum atomic E-state index is -0.642. The number of rotatable bonds is 6. The molecule has 0 aliphatic rings. The second kappa shape index (κ2) is 7.51. The van der Waals surface area contributed by atoms with Crippen molar-refractivity contribution in [2.75, 3.05) is 13.7 Å². The average molecular weight is 390 g/mol. The Morgan fingerprint density at radius 3 is 2.62 bits per heavy atom. The van der Waals surface area contributed by atoms with Crippen LogP contribution in [0.1, 0.15) is 5.56 Å². The SMILES string of the molecule is C=CCOc1ccc(/C=N/n2c(=O)[nH]c3c([nH]c4cccc(OC)c43)c2=O)cc1. The van der Waals surface area contributed by atoms with Crippen LogP contribution in [0.2, 0.25) is 0 Å². The van der Waals surface area contributed by atoms with E-state index < -0.39 is 11.2 Å². The molecule has 2 heterocycles. The molecule has 29 heavy (non-hydrogen) atoms. The van der Waals surface area contributed by atoms with Gasteiger partial charge in [0.2, 0.25) is 0 Å². The van der Waals surface area contributed by atoms with Crippen molar-refractivity contribution >= 4 is 28.2 Å². The molecule has 2 aromatic carbocycles. The zero-order chi connectivity index (χ0) is 20.4. The Labute approximate surface area is 164 Å². The first-order valence-corrected chi connectivity index (χ1v) is 8.84. The van der Waals surface area contributed by atoms with Crippen molar-refractivity contribution in [3.05, 3.63) is 81.5 Å². The highest BCUT2D eigenvalue weighted by molar-refractivity contribution is 6.07. The van der Waals surface area contributed by atoms with Crippen molar-refractivity contribution in [3.8, 4) is 11.5 Å². The van der Waals surface area contributed by atoms with Crippen molar-refractivity contribution < 1.29 is 9.47 Å². The van der Waals surface area contributed by atoms with Crippen LogP contribution in [0.5, 0.6) is 11.5 Å². The van der Waals surface area contributed by atoms with Gasteiger partial charge in [-0.15, -0.1) is 4.68 Å². The Balaban J connectivity index is 1.76. The van der Waals surface area contributed by atoms with Crippen LogP contribution in [0.25, 0.3) is 21.9 Å². The number of fused-ring (bicyclic) bond motifs is 3. The number of nitrogens with one attached hydrogen (secondary N) is 2. The number of hydrogen-bond acceptors (Lipinski definition) is 5. The summed E-state index contributed by atoms with van der Waals surface area (Å²) in [6.07, 6.45) is 3.09. The van der Waals surface area contributed by atoms with Gasteiger partial charge in [-0.05, 0) is 42.0 Å². The minimum Gasteiger partial charge on any atom is -0.496 e. The lowest BCUT2D eigenvalue weighted by molar-refractivity contribution is 0.363. The van der Waals surface area contributed by atoms with Crippen LogP contribution >= 0.6 is 0 Å². The average Bonchev–Trinajstić information content (AvgIpc) is 3.12. The van der Waals surface area contributed by atoms with Gasteiger partial charge in [0.25, 0.3) is 0 Å². The number of hydrogen-bond donors (Lipinski definition) is 2. The number of H-pyrrole nitrogens is 2. The summed E-state index contributed by atoms with van der Waals surface area (Å²) in [6, 6.07) is 12.4. The molecule has 0 aliphatic heterocycles. The Morgan fingerprint density at radius 1 is 1.10 bits per heavy atom. The Hall–Kier alpha value is -4.07. The number of aromatic nitrogens is 3. The Morgan fingerprint density at radius 2 is 1.90 bits per heavy atom.